The van der Waals surface area contributed by atoms with Gasteiger partial charge in [0, 0.05) is 0 Å². The number of hydrogen-bond donors (Lipinski definition) is 0. The van der Waals surface area contributed by atoms with Crippen molar-refractivity contribution >= 4 is 0 Å². The van der Waals surface area contributed by atoms with Crippen LogP contribution in [0.1, 0.15) is 70.8 Å². The van der Waals surface area contributed by atoms with Crippen molar-refractivity contribution < 1.29 is 17.4 Å². The first kappa shape index (κ1) is 32.2. The van der Waals surface area contributed by atoms with Crippen LogP contribution in [0.2, 0.25) is 0 Å². The first-order valence-electron chi connectivity index (χ1n) is 12.2. The van der Waals surface area contributed by atoms with Gasteiger partial charge in [-0.15, -0.1) is 0 Å². The van der Waals surface area contributed by atoms with Gasteiger partial charge in [0.1, 0.15) is 0 Å². The molecule has 34 heavy (non-hydrogen) atoms. The monoisotopic (exact) mass is 493 g/mol. The Morgan fingerprint density at radius 2 is 0.676 bits per heavy atom. The Morgan fingerprint density at radius 1 is 0.441 bits per heavy atom. The van der Waals surface area contributed by atoms with Crippen LogP contribution in [0.25, 0.3) is 0 Å². The van der Waals surface area contributed by atoms with E-state index in [9.17, 15) is 0 Å². The average molecular weight is 494 g/mol. The van der Waals surface area contributed by atoms with Crippen LogP contribution in [-0.4, -0.2) is 0 Å². The summed E-state index contributed by atoms with van der Waals surface area (Å²) in [6, 6.07) is 19.5. The van der Waals surface area contributed by atoms with Crippen molar-refractivity contribution in [2.45, 2.75) is 81.6 Å². The van der Waals surface area contributed by atoms with Crippen molar-refractivity contribution in [3.8, 4) is 0 Å². The molecular weight excluding hydrogens is 448 g/mol. The van der Waals surface area contributed by atoms with Crippen LogP contribution in [0.4, 0.5) is 0 Å². The second-order valence-electron chi connectivity index (χ2n) is 8.91. The van der Waals surface area contributed by atoms with Gasteiger partial charge in [-0.05, 0) is 74.9 Å². The molecule has 3 aromatic carbocycles. The number of hydrogen-bond acceptors (Lipinski definition) is 0. The standard InChI is InChI=1S/3C11H15.Cr/c3*1-4-6-11-8-5-7-9(2)10(11)3;/h3*4-5,7-8H,6H2,1-3H3;/q3*-1;+3. The Balaban J connectivity index is 0.000000473. The fourth-order valence-corrected chi connectivity index (χ4v) is 3.76. The molecule has 0 unspecified atom stereocenters. The largest absolute Gasteiger partial charge is 3.00 e. The predicted molar refractivity (Wildman–Crippen MR) is 149 cm³/mol. The number of aryl methyl sites for hydroxylation is 3. The van der Waals surface area contributed by atoms with Crippen molar-refractivity contribution in [1.82, 2.24) is 0 Å². The summed E-state index contributed by atoms with van der Waals surface area (Å²) < 4.78 is 0. The Labute approximate surface area is 222 Å². The van der Waals surface area contributed by atoms with Crippen molar-refractivity contribution in [2.24, 2.45) is 0 Å². The van der Waals surface area contributed by atoms with Gasteiger partial charge in [-0.1, -0.05) is 71.3 Å². The van der Waals surface area contributed by atoms with Gasteiger partial charge in [-0.25, -0.2) is 0 Å². The third-order valence-electron chi connectivity index (χ3n) is 6.42. The molecule has 3 rings (SSSR count). The van der Waals surface area contributed by atoms with Crippen LogP contribution in [-0.2, 0) is 36.6 Å². The molecule has 3 aromatic rings. The van der Waals surface area contributed by atoms with Gasteiger partial charge in [0.25, 0.3) is 0 Å². The van der Waals surface area contributed by atoms with E-state index in [0.29, 0.717) is 0 Å². The van der Waals surface area contributed by atoms with Gasteiger partial charge in [0.2, 0.25) is 0 Å². The zero-order valence-electron chi connectivity index (χ0n) is 23.0. The summed E-state index contributed by atoms with van der Waals surface area (Å²) in [5, 5.41) is 0. The first-order valence-corrected chi connectivity index (χ1v) is 12.2. The van der Waals surface area contributed by atoms with Gasteiger partial charge in [-0.3, -0.25) is 0 Å². The van der Waals surface area contributed by atoms with E-state index in [-0.39, 0.29) is 17.4 Å². The van der Waals surface area contributed by atoms with E-state index in [0.717, 1.165) is 19.3 Å². The molecule has 0 saturated carbocycles. The minimum Gasteiger partial charge on any atom is -0.327 e. The van der Waals surface area contributed by atoms with E-state index < -0.39 is 0 Å². The molecule has 0 bridgehead atoms. The average Bonchev–Trinajstić information content (AvgIpc) is 2.79. The number of benzene rings is 3. The molecule has 0 saturated heterocycles. The van der Waals surface area contributed by atoms with Crippen LogP contribution < -0.4 is 0 Å². The summed E-state index contributed by atoms with van der Waals surface area (Å²) in [6.45, 7) is 19.3. The molecule has 0 fully saturated rings. The van der Waals surface area contributed by atoms with Crippen LogP contribution >= 0.6 is 0 Å². The SMILES string of the molecule is C[CH-]Cc1cccc(C)c1C.C[CH-]Cc1cccc(C)c1C.C[CH-]Cc1cccc(C)c1C.[Cr+3]. The van der Waals surface area contributed by atoms with Crippen LogP contribution in [0.5, 0.6) is 0 Å². The molecule has 0 aliphatic carbocycles. The van der Waals surface area contributed by atoms with Crippen LogP contribution in [0.3, 0.4) is 0 Å². The van der Waals surface area contributed by atoms with E-state index >= 15 is 0 Å². The van der Waals surface area contributed by atoms with Crippen molar-refractivity contribution in [3.05, 3.63) is 124 Å². The van der Waals surface area contributed by atoms with E-state index in [2.05, 4.69) is 136 Å². The van der Waals surface area contributed by atoms with Crippen LogP contribution in [0, 0.1) is 60.8 Å². The van der Waals surface area contributed by atoms with Crippen molar-refractivity contribution in [1.29, 1.82) is 0 Å². The summed E-state index contributed by atoms with van der Waals surface area (Å²) >= 11 is 0. The summed E-state index contributed by atoms with van der Waals surface area (Å²) in [7, 11) is 0. The topological polar surface area (TPSA) is 0 Å². The molecule has 0 atom stereocenters. The zero-order valence-corrected chi connectivity index (χ0v) is 24.2. The Kier molecular flexibility index (Phi) is 16.7. The van der Waals surface area contributed by atoms with E-state index in [4.69, 9.17) is 0 Å². The minimum absolute atomic E-state index is 0. The van der Waals surface area contributed by atoms with Gasteiger partial charge < -0.3 is 19.3 Å². The molecule has 183 valence electrons. The fraction of sp³-hybridized carbons (Fsp3) is 0.364. The molecular formula is C33H45Cr. The van der Waals surface area contributed by atoms with Crippen molar-refractivity contribution in [2.75, 3.05) is 0 Å². The van der Waals surface area contributed by atoms with Gasteiger partial charge >= 0.3 is 17.4 Å². The van der Waals surface area contributed by atoms with Gasteiger partial charge in [0.15, 0.2) is 0 Å². The Morgan fingerprint density at radius 3 is 0.882 bits per heavy atom. The summed E-state index contributed by atoms with van der Waals surface area (Å²) in [5.74, 6) is 0. The van der Waals surface area contributed by atoms with Crippen LogP contribution in [0.15, 0.2) is 54.6 Å². The Hall–Kier alpha value is -1.81. The first-order chi connectivity index (χ1) is 15.8. The molecule has 0 spiro atoms. The molecule has 0 heterocycles. The second-order valence-corrected chi connectivity index (χ2v) is 8.91. The maximum atomic E-state index is 2.20. The molecule has 0 aliphatic rings. The van der Waals surface area contributed by atoms with Gasteiger partial charge in [-0.2, -0.15) is 40.0 Å². The summed E-state index contributed by atoms with van der Waals surface area (Å²) in [6.07, 6.45) is 9.86. The van der Waals surface area contributed by atoms with Gasteiger partial charge in [0.05, 0.1) is 0 Å². The predicted octanol–water partition coefficient (Wildman–Crippen LogP) is 9.21. The molecule has 1 radical (unpaired) electrons. The third-order valence-corrected chi connectivity index (χ3v) is 6.42. The summed E-state index contributed by atoms with van der Waals surface area (Å²) in [4.78, 5) is 0. The maximum absolute atomic E-state index is 2.20. The Bertz CT molecular complexity index is 841. The molecule has 0 N–H and O–H groups in total. The zero-order chi connectivity index (χ0) is 24.8. The van der Waals surface area contributed by atoms with E-state index in [1.807, 2.05) is 0 Å². The smallest absolute Gasteiger partial charge is 0.327 e. The quantitative estimate of drug-likeness (QED) is 0.300. The molecule has 1 heteroatoms. The summed E-state index contributed by atoms with van der Waals surface area (Å²) in [5.41, 5.74) is 12.8. The minimum atomic E-state index is 0. The molecule has 0 aromatic heterocycles. The van der Waals surface area contributed by atoms with Crippen molar-refractivity contribution in [3.63, 3.8) is 0 Å². The molecule has 0 amide bonds. The maximum Gasteiger partial charge on any atom is 3.00 e. The number of rotatable bonds is 6. The second kappa shape index (κ2) is 17.6. The molecule has 0 aliphatic heterocycles. The normalized spacial score (nSPS) is 9.79. The molecule has 0 nitrogen and oxygen atoms in total. The van der Waals surface area contributed by atoms with E-state index in [1.165, 1.54) is 50.1 Å². The third kappa shape index (κ3) is 10.6. The fourth-order valence-electron chi connectivity index (χ4n) is 3.76. The van der Waals surface area contributed by atoms with E-state index in [1.54, 1.807) is 0 Å².